The molecule has 1 amide bonds. The number of piperidine rings is 1. The summed E-state index contributed by atoms with van der Waals surface area (Å²) >= 11 is 0. The second kappa shape index (κ2) is 10.9. The lowest BCUT2D eigenvalue weighted by atomic mass is 9.82. The minimum atomic E-state index is -1.17. The normalized spacial score (nSPS) is 20.7. The van der Waals surface area contributed by atoms with Gasteiger partial charge in [-0.25, -0.2) is 0 Å². The number of aliphatic hydroxyl groups is 1. The van der Waals surface area contributed by atoms with E-state index in [0.29, 0.717) is 19.1 Å². The Morgan fingerprint density at radius 3 is 2.51 bits per heavy atom. The molecule has 0 aromatic heterocycles. The number of hydrogen-bond donors (Lipinski definition) is 2. The van der Waals surface area contributed by atoms with Gasteiger partial charge in [0, 0.05) is 26.1 Å². The molecule has 2 N–H and O–H groups in total. The van der Waals surface area contributed by atoms with Gasteiger partial charge in [0.25, 0.3) is 5.91 Å². The highest BCUT2D eigenvalue weighted by molar-refractivity contribution is 5.81. The summed E-state index contributed by atoms with van der Waals surface area (Å²) in [6.45, 7) is 4.66. The molecule has 0 aliphatic carbocycles. The van der Waals surface area contributed by atoms with Gasteiger partial charge in [0.05, 0.1) is 37.5 Å². The van der Waals surface area contributed by atoms with E-state index in [1.54, 1.807) is 19.0 Å². The van der Waals surface area contributed by atoms with E-state index in [1.165, 1.54) is 11.1 Å². The summed E-state index contributed by atoms with van der Waals surface area (Å²) in [5, 5.41) is 22.2. The number of nitrogens with zero attached hydrogens (tertiary/aromatic N) is 3. The Labute approximate surface area is 218 Å². The number of hydrogen-bond acceptors (Lipinski definition) is 7. The van der Waals surface area contributed by atoms with Crippen molar-refractivity contribution in [2.75, 3.05) is 46.9 Å². The lowest BCUT2D eigenvalue weighted by molar-refractivity contribution is -0.130. The van der Waals surface area contributed by atoms with Gasteiger partial charge in [0.1, 0.15) is 12.1 Å². The number of benzene rings is 2. The van der Waals surface area contributed by atoms with Crippen LogP contribution in [0.3, 0.4) is 0 Å². The third-order valence-corrected chi connectivity index (χ3v) is 7.89. The topological polar surface area (TPSA) is 98.1 Å². The van der Waals surface area contributed by atoms with Crippen LogP contribution in [0, 0.1) is 11.3 Å². The number of carbonyl (C=O) groups is 1. The Morgan fingerprint density at radius 1 is 1.19 bits per heavy atom. The third-order valence-electron chi connectivity index (χ3n) is 7.89. The first kappa shape index (κ1) is 25.8. The number of likely N-dealkylation sites (N-methyl/N-ethyl adjacent to an activating group) is 1. The van der Waals surface area contributed by atoms with Gasteiger partial charge in [-0.1, -0.05) is 36.4 Å². The van der Waals surface area contributed by atoms with Crippen LogP contribution < -0.4 is 5.32 Å². The Balaban J connectivity index is 1.24. The van der Waals surface area contributed by atoms with E-state index >= 15 is 0 Å². The fraction of sp³-hybridized carbons (Fsp3) is 0.517. The lowest BCUT2D eigenvalue weighted by Gasteiger charge is -2.45. The van der Waals surface area contributed by atoms with Crippen LogP contribution in [0.5, 0.6) is 0 Å². The third kappa shape index (κ3) is 5.57. The van der Waals surface area contributed by atoms with E-state index in [-0.39, 0.29) is 12.1 Å². The van der Waals surface area contributed by atoms with Gasteiger partial charge in [0.2, 0.25) is 0 Å². The fourth-order valence-corrected chi connectivity index (χ4v) is 5.59. The standard InChI is InChI=1S/C29H36N4O4/c1-32(2)16-27(34)28(35)31-24(15-30)13-20-3-5-21(6-4-20)22-7-8-23-17-37-29(26(23)14-22)9-11-33(12-10-29)25-18-36-19-25/h3-8,14,24-25,27,34H,9-13,16-19H2,1-2H3,(H,31,35)/t24-,27-/m0/s1. The van der Waals surface area contributed by atoms with Crippen molar-refractivity contribution in [3.63, 3.8) is 0 Å². The predicted octanol–water partition coefficient (Wildman–Crippen LogP) is 2.05. The number of likely N-dealkylation sites (tertiary alicyclic amines) is 1. The molecule has 196 valence electrons. The van der Waals surface area contributed by atoms with E-state index in [9.17, 15) is 15.2 Å². The molecule has 0 unspecified atom stereocenters. The van der Waals surface area contributed by atoms with Crippen LogP contribution in [0.25, 0.3) is 11.1 Å². The Kier molecular flexibility index (Phi) is 7.61. The highest BCUT2D eigenvalue weighted by atomic mass is 16.5. The molecule has 5 rings (SSSR count). The van der Waals surface area contributed by atoms with Gasteiger partial charge < -0.3 is 24.8 Å². The first-order valence-corrected chi connectivity index (χ1v) is 13.1. The van der Waals surface area contributed by atoms with Crippen LogP contribution in [-0.2, 0) is 32.9 Å². The number of aliphatic hydroxyl groups excluding tert-OH is 1. The number of rotatable bonds is 8. The summed E-state index contributed by atoms with van der Waals surface area (Å²) in [6, 6.07) is 16.8. The zero-order valence-electron chi connectivity index (χ0n) is 21.7. The Morgan fingerprint density at radius 2 is 1.89 bits per heavy atom. The lowest BCUT2D eigenvalue weighted by Crippen LogP contribution is -2.54. The highest BCUT2D eigenvalue weighted by Gasteiger charge is 2.44. The maximum Gasteiger partial charge on any atom is 0.251 e. The number of nitrogens with one attached hydrogen (secondary N) is 1. The van der Waals surface area contributed by atoms with Crippen LogP contribution in [0.1, 0.15) is 29.5 Å². The maximum atomic E-state index is 12.2. The van der Waals surface area contributed by atoms with Crippen LogP contribution >= 0.6 is 0 Å². The number of nitriles is 1. The molecule has 0 bridgehead atoms. The summed E-state index contributed by atoms with van der Waals surface area (Å²) < 4.78 is 11.8. The van der Waals surface area contributed by atoms with Gasteiger partial charge in [-0.3, -0.25) is 9.69 Å². The van der Waals surface area contributed by atoms with Gasteiger partial charge in [0.15, 0.2) is 0 Å². The summed E-state index contributed by atoms with van der Waals surface area (Å²) in [6.07, 6.45) is 1.22. The van der Waals surface area contributed by atoms with Gasteiger partial charge >= 0.3 is 0 Å². The van der Waals surface area contributed by atoms with Crippen LogP contribution in [0.4, 0.5) is 0 Å². The molecule has 1 spiro atoms. The molecular weight excluding hydrogens is 468 g/mol. The molecular formula is C29H36N4O4. The first-order valence-electron chi connectivity index (χ1n) is 13.1. The highest BCUT2D eigenvalue weighted by Crippen LogP contribution is 2.45. The average molecular weight is 505 g/mol. The van der Waals surface area contributed by atoms with Gasteiger partial charge in [-0.15, -0.1) is 0 Å². The molecule has 2 aromatic rings. The second-order valence-corrected chi connectivity index (χ2v) is 10.8. The van der Waals surface area contributed by atoms with Crippen LogP contribution in [0.2, 0.25) is 0 Å². The minimum Gasteiger partial charge on any atom is -0.382 e. The second-order valence-electron chi connectivity index (χ2n) is 10.8. The van der Waals surface area contributed by atoms with E-state index in [4.69, 9.17) is 9.47 Å². The molecule has 3 aliphatic heterocycles. The number of ether oxygens (including phenoxy) is 2. The van der Waals surface area contributed by atoms with Crippen molar-refractivity contribution < 1.29 is 19.4 Å². The van der Waals surface area contributed by atoms with Crippen LogP contribution in [-0.4, -0.2) is 85.9 Å². The monoisotopic (exact) mass is 504 g/mol. The Bertz CT molecular complexity index is 1150. The predicted molar refractivity (Wildman–Crippen MR) is 140 cm³/mol. The quantitative estimate of drug-likeness (QED) is 0.568. The van der Waals surface area contributed by atoms with Crippen molar-refractivity contribution in [1.29, 1.82) is 5.26 Å². The number of carbonyl (C=O) groups excluding carboxylic acids is 1. The van der Waals surface area contributed by atoms with Crippen molar-refractivity contribution in [2.45, 2.75) is 49.7 Å². The van der Waals surface area contributed by atoms with Crippen molar-refractivity contribution in [3.8, 4) is 17.2 Å². The van der Waals surface area contributed by atoms with Gasteiger partial charge in [-0.05, 0) is 60.8 Å². The van der Waals surface area contributed by atoms with Crippen LogP contribution in [0.15, 0.2) is 42.5 Å². The molecule has 3 aliphatic rings. The summed E-state index contributed by atoms with van der Waals surface area (Å²) in [5.41, 5.74) is 5.62. The van der Waals surface area contributed by atoms with E-state index in [1.807, 2.05) is 12.1 Å². The fourth-order valence-electron chi connectivity index (χ4n) is 5.59. The molecule has 37 heavy (non-hydrogen) atoms. The largest absolute Gasteiger partial charge is 0.382 e. The van der Waals surface area contributed by atoms with Crippen molar-refractivity contribution in [3.05, 3.63) is 59.2 Å². The average Bonchev–Trinajstić information content (AvgIpc) is 3.21. The molecule has 3 heterocycles. The van der Waals surface area contributed by atoms with E-state index in [0.717, 1.165) is 55.8 Å². The summed E-state index contributed by atoms with van der Waals surface area (Å²) in [4.78, 5) is 16.5. The molecule has 0 radical (unpaired) electrons. The molecule has 8 nitrogen and oxygen atoms in total. The first-order chi connectivity index (χ1) is 17.9. The molecule has 2 atom stereocenters. The molecule has 2 saturated heterocycles. The zero-order valence-corrected chi connectivity index (χ0v) is 21.7. The van der Waals surface area contributed by atoms with E-state index in [2.05, 4.69) is 46.6 Å². The SMILES string of the molecule is CN(C)C[C@H](O)C(=O)N[C@H](C#N)Cc1ccc(-c2ccc3c(c2)C2(CCN(C4COC4)CC2)OC3)cc1. The molecule has 2 fully saturated rings. The van der Waals surface area contributed by atoms with Crippen molar-refractivity contribution >= 4 is 5.91 Å². The summed E-state index contributed by atoms with van der Waals surface area (Å²) in [5.74, 6) is -0.530. The van der Waals surface area contributed by atoms with E-state index < -0.39 is 18.1 Å². The smallest absolute Gasteiger partial charge is 0.251 e. The zero-order chi connectivity index (χ0) is 26.0. The van der Waals surface area contributed by atoms with Crippen molar-refractivity contribution in [1.82, 2.24) is 15.1 Å². The molecule has 2 aromatic carbocycles. The van der Waals surface area contributed by atoms with Gasteiger partial charge in [-0.2, -0.15) is 5.26 Å². The minimum absolute atomic E-state index is 0.193. The van der Waals surface area contributed by atoms with Crippen molar-refractivity contribution in [2.24, 2.45) is 0 Å². The molecule has 8 heteroatoms. The molecule has 0 saturated carbocycles. The maximum absolute atomic E-state index is 12.2. The summed E-state index contributed by atoms with van der Waals surface area (Å²) in [7, 11) is 3.56. The number of amides is 1. The number of fused-ring (bicyclic) bond motifs is 2. The Hall–Kier alpha value is -2.80.